The number of nitrogens with zero attached hydrogens (tertiary/aromatic N) is 1. The van der Waals surface area contributed by atoms with E-state index >= 15 is 0 Å². The van der Waals surface area contributed by atoms with E-state index in [2.05, 4.69) is 0 Å². The maximum absolute atomic E-state index is 12.4. The van der Waals surface area contributed by atoms with Crippen molar-refractivity contribution in [3.05, 3.63) is 81.6 Å². The Morgan fingerprint density at radius 1 is 0.955 bits per heavy atom. The molecule has 0 N–H and O–H groups in total. The number of rotatable bonds is 3. The number of ketones is 1. The van der Waals surface area contributed by atoms with Crippen molar-refractivity contribution in [2.75, 3.05) is 0 Å². The van der Waals surface area contributed by atoms with Crippen LogP contribution in [0.3, 0.4) is 0 Å². The Bertz CT molecular complexity index is 908. The average Bonchev–Trinajstić information content (AvgIpc) is 2.52. The van der Waals surface area contributed by atoms with Gasteiger partial charge in [-0.1, -0.05) is 48.5 Å². The van der Waals surface area contributed by atoms with Crippen molar-refractivity contribution >= 4 is 16.7 Å². The van der Waals surface area contributed by atoms with Gasteiger partial charge in [0.2, 0.25) is 0 Å². The Morgan fingerprint density at radius 3 is 2.41 bits per heavy atom. The molecule has 0 saturated carbocycles. The molecule has 1 aromatic heterocycles. The third-order valence-electron chi connectivity index (χ3n) is 3.94. The maximum atomic E-state index is 12.4. The molecule has 0 bridgehead atoms. The highest BCUT2D eigenvalue weighted by Gasteiger charge is 2.13. The number of para-hydroxylation sites is 1. The fourth-order valence-electron chi connectivity index (χ4n) is 2.80. The zero-order valence-corrected chi connectivity index (χ0v) is 12.7. The van der Waals surface area contributed by atoms with Gasteiger partial charge in [-0.05, 0) is 25.0 Å². The first-order valence-corrected chi connectivity index (χ1v) is 7.26. The molecule has 3 aromatic rings. The van der Waals surface area contributed by atoms with Gasteiger partial charge in [-0.25, -0.2) is 0 Å². The van der Waals surface area contributed by atoms with Crippen molar-refractivity contribution in [2.24, 2.45) is 0 Å². The topological polar surface area (TPSA) is 39.1 Å². The monoisotopic (exact) mass is 291 g/mol. The van der Waals surface area contributed by atoms with E-state index in [1.807, 2.05) is 50.2 Å². The molecule has 2 aromatic carbocycles. The SMILES string of the molecule is Cc1cc(=O)n(CC(=O)c2ccccc2)c2c(C)cccc12. The van der Waals surface area contributed by atoms with Gasteiger partial charge in [0, 0.05) is 17.0 Å². The summed E-state index contributed by atoms with van der Waals surface area (Å²) in [5, 5.41) is 1.01. The lowest BCUT2D eigenvalue weighted by molar-refractivity contribution is 0.0972. The molecule has 3 rings (SSSR count). The molecule has 3 nitrogen and oxygen atoms in total. The van der Waals surface area contributed by atoms with Crippen molar-refractivity contribution < 1.29 is 4.79 Å². The quantitative estimate of drug-likeness (QED) is 0.693. The fourth-order valence-corrected chi connectivity index (χ4v) is 2.80. The van der Waals surface area contributed by atoms with E-state index < -0.39 is 0 Å². The van der Waals surface area contributed by atoms with Gasteiger partial charge in [0.1, 0.15) is 0 Å². The van der Waals surface area contributed by atoms with E-state index in [-0.39, 0.29) is 17.9 Å². The minimum Gasteiger partial charge on any atom is -0.300 e. The number of hydrogen-bond acceptors (Lipinski definition) is 2. The Morgan fingerprint density at radius 2 is 1.68 bits per heavy atom. The van der Waals surface area contributed by atoms with Gasteiger partial charge in [-0.3, -0.25) is 9.59 Å². The first-order valence-electron chi connectivity index (χ1n) is 7.26. The summed E-state index contributed by atoms with van der Waals surface area (Å²) in [4.78, 5) is 24.8. The summed E-state index contributed by atoms with van der Waals surface area (Å²) in [5.41, 5.74) is 3.27. The number of benzene rings is 2. The number of fused-ring (bicyclic) bond motifs is 1. The molecule has 1 heterocycles. The van der Waals surface area contributed by atoms with Gasteiger partial charge < -0.3 is 4.57 Å². The van der Waals surface area contributed by atoms with Crippen LogP contribution in [-0.4, -0.2) is 10.4 Å². The summed E-state index contributed by atoms with van der Waals surface area (Å²) in [5.74, 6) is -0.0592. The lowest BCUT2D eigenvalue weighted by Gasteiger charge is -2.13. The molecule has 0 unspecified atom stereocenters. The number of carbonyl (C=O) groups excluding carboxylic acids is 1. The summed E-state index contributed by atoms with van der Waals surface area (Å²) in [7, 11) is 0. The Kier molecular flexibility index (Phi) is 3.63. The molecule has 0 atom stereocenters. The molecule has 0 saturated heterocycles. The summed E-state index contributed by atoms with van der Waals surface area (Å²) in [6, 6.07) is 16.6. The molecule has 0 radical (unpaired) electrons. The van der Waals surface area contributed by atoms with Gasteiger partial charge in [-0.2, -0.15) is 0 Å². The second-order valence-electron chi connectivity index (χ2n) is 5.51. The largest absolute Gasteiger partial charge is 0.300 e. The van der Waals surface area contributed by atoms with Gasteiger partial charge >= 0.3 is 0 Å². The summed E-state index contributed by atoms with van der Waals surface area (Å²) >= 11 is 0. The normalized spacial score (nSPS) is 10.8. The standard InChI is InChI=1S/C19H17NO2/c1-13-7-6-10-16-14(2)11-18(22)20(19(13)16)12-17(21)15-8-4-3-5-9-15/h3-11H,12H2,1-2H3. The number of aromatic nitrogens is 1. The van der Waals surface area contributed by atoms with Crippen LogP contribution >= 0.6 is 0 Å². The maximum Gasteiger partial charge on any atom is 0.251 e. The molecular weight excluding hydrogens is 274 g/mol. The van der Waals surface area contributed by atoms with E-state index in [1.54, 1.807) is 22.8 Å². The van der Waals surface area contributed by atoms with Crippen molar-refractivity contribution in [2.45, 2.75) is 20.4 Å². The van der Waals surface area contributed by atoms with Crippen molar-refractivity contribution in [3.8, 4) is 0 Å². The number of pyridine rings is 1. The van der Waals surface area contributed by atoms with Crippen LogP contribution in [0.2, 0.25) is 0 Å². The lowest BCUT2D eigenvalue weighted by atomic mass is 10.1. The second kappa shape index (κ2) is 5.60. The van der Waals surface area contributed by atoms with Gasteiger partial charge in [0.25, 0.3) is 5.56 Å². The molecule has 0 amide bonds. The number of hydrogen-bond donors (Lipinski definition) is 0. The molecule has 22 heavy (non-hydrogen) atoms. The van der Waals surface area contributed by atoms with Crippen molar-refractivity contribution in [1.29, 1.82) is 0 Å². The third kappa shape index (κ3) is 2.46. The Balaban J connectivity index is 2.15. The van der Waals surface area contributed by atoms with Gasteiger partial charge in [0.15, 0.2) is 5.78 Å². The second-order valence-corrected chi connectivity index (χ2v) is 5.51. The molecule has 110 valence electrons. The van der Waals surface area contributed by atoms with E-state index in [9.17, 15) is 9.59 Å². The van der Waals surface area contributed by atoms with E-state index in [0.717, 1.165) is 22.0 Å². The average molecular weight is 291 g/mol. The van der Waals surface area contributed by atoms with E-state index in [1.165, 1.54) is 0 Å². The predicted octanol–water partition coefficient (Wildman–Crippen LogP) is 3.50. The summed E-state index contributed by atoms with van der Waals surface area (Å²) < 4.78 is 1.58. The lowest BCUT2D eigenvalue weighted by Crippen LogP contribution is -2.25. The Hall–Kier alpha value is -2.68. The molecule has 0 aliphatic heterocycles. The smallest absolute Gasteiger partial charge is 0.251 e. The molecule has 3 heteroatoms. The molecule has 0 fully saturated rings. The highest BCUT2D eigenvalue weighted by molar-refractivity contribution is 5.97. The van der Waals surface area contributed by atoms with Crippen LogP contribution < -0.4 is 5.56 Å². The Labute approximate surface area is 128 Å². The van der Waals surface area contributed by atoms with Gasteiger partial charge in [-0.15, -0.1) is 0 Å². The summed E-state index contributed by atoms with van der Waals surface area (Å²) in [6.45, 7) is 3.95. The summed E-state index contributed by atoms with van der Waals surface area (Å²) in [6.07, 6.45) is 0. The van der Waals surface area contributed by atoms with Crippen LogP contribution in [0.4, 0.5) is 0 Å². The zero-order valence-electron chi connectivity index (χ0n) is 12.7. The highest BCUT2D eigenvalue weighted by atomic mass is 16.1. The molecular formula is C19H17NO2. The minimum atomic E-state index is -0.136. The van der Waals surface area contributed by atoms with Crippen molar-refractivity contribution in [3.63, 3.8) is 0 Å². The first kappa shape index (κ1) is 14.3. The van der Waals surface area contributed by atoms with Crippen LogP contribution in [0, 0.1) is 13.8 Å². The van der Waals surface area contributed by atoms with Crippen LogP contribution in [0.1, 0.15) is 21.5 Å². The molecule has 0 spiro atoms. The third-order valence-corrected chi connectivity index (χ3v) is 3.94. The number of carbonyl (C=O) groups is 1. The zero-order chi connectivity index (χ0) is 15.7. The van der Waals surface area contributed by atoms with Crippen LogP contribution in [-0.2, 0) is 6.54 Å². The number of Topliss-reactive ketones (excluding diaryl/α,β-unsaturated/α-hetero) is 1. The van der Waals surface area contributed by atoms with Crippen LogP contribution in [0.15, 0.2) is 59.4 Å². The van der Waals surface area contributed by atoms with Gasteiger partial charge in [0.05, 0.1) is 12.1 Å². The van der Waals surface area contributed by atoms with E-state index in [4.69, 9.17) is 0 Å². The molecule has 0 aliphatic rings. The first-order chi connectivity index (χ1) is 10.6. The van der Waals surface area contributed by atoms with E-state index in [0.29, 0.717) is 5.56 Å². The number of aryl methyl sites for hydroxylation is 2. The van der Waals surface area contributed by atoms with Crippen molar-refractivity contribution in [1.82, 2.24) is 4.57 Å². The molecule has 0 aliphatic carbocycles. The highest BCUT2D eigenvalue weighted by Crippen LogP contribution is 2.20. The predicted molar refractivity (Wildman–Crippen MR) is 88.5 cm³/mol. The fraction of sp³-hybridized carbons (Fsp3) is 0.158. The van der Waals surface area contributed by atoms with Crippen LogP contribution in [0.5, 0.6) is 0 Å². The van der Waals surface area contributed by atoms with Crippen LogP contribution in [0.25, 0.3) is 10.9 Å². The minimum absolute atomic E-state index is 0.0592.